The van der Waals surface area contributed by atoms with Crippen molar-refractivity contribution in [3.8, 4) is 0 Å². The molecule has 0 saturated carbocycles. The lowest BCUT2D eigenvalue weighted by Crippen LogP contribution is -2.07. The van der Waals surface area contributed by atoms with E-state index in [9.17, 15) is 0 Å². The van der Waals surface area contributed by atoms with Crippen LogP contribution in [0.25, 0.3) is 0 Å². The fourth-order valence-electron chi connectivity index (χ4n) is 0.283. The van der Waals surface area contributed by atoms with Gasteiger partial charge < -0.3 is 10.4 Å². The summed E-state index contributed by atoms with van der Waals surface area (Å²) in [6.45, 7) is 4.51. The summed E-state index contributed by atoms with van der Waals surface area (Å²) in [5, 5.41) is 11.1. The van der Waals surface area contributed by atoms with Crippen LogP contribution < -0.4 is 5.32 Å². The highest BCUT2D eigenvalue weighted by Gasteiger charge is 1.75. The second kappa shape index (κ2) is 5.50. The van der Waals surface area contributed by atoms with Crippen molar-refractivity contribution >= 4 is 0 Å². The van der Waals surface area contributed by atoms with Gasteiger partial charge >= 0.3 is 0 Å². The normalized spacial score (nSPS) is 8.14. The highest BCUT2D eigenvalue weighted by atomic mass is 16.3. The molecule has 0 amide bonds. The van der Waals surface area contributed by atoms with E-state index in [0.29, 0.717) is 0 Å². The molecule has 0 aliphatic rings. The average molecular weight is 101 g/mol. The molecule has 0 aliphatic heterocycles. The van der Waals surface area contributed by atoms with E-state index in [2.05, 4.69) is 11.9 Å². The van der Waals surface area contributed by atoms with Gasteiger partial charge in [-0.2, -0.15) is 0 Å². The SMILES string of the molecule is C=CNCCCO. The molecule has 0 aliphatic carbocycles. The molecule has 0 atom stereocenters. The molecule has 0 radical (unpaired) electrons. The van der Waals surface area contributed by atoms with E-state index in [-0.39, 0.29) is 6.61 Å². The number of rotatable bonds is 4. The third-order valence-electron chi connectivity index (χ3n) is 0.624. The number of hydrogen-bond donors (Lipinski definition) is 2. The Bertz CT molecular complexity index is 45.3. The first-order chi connectivity index (χ1) is 3.41. The Labute approximate surface area is 43.9 Å². The van der Waals surface area contributed by atoms with Crippen LogP contribution in [0.3, 0.4) is 0 Å². The Morgan fingerprint density at radius 3 is 2.86 bits per heavy atom. The van der Waals surface area contributed by atoms with Gasteiger partial charge in [-0.25, -0.2) is 0 Å². The van der Waals surface area contributed by atoms with E-state index >= 15 is 0 Å². The smallest absolute Gasteiger partial charge is 0.0447 e. The number of nitrogens with one attached hydrogen (secondary N) is 1. The van der Waals surface area contributed by atoms with Crippen LogP contribution in [0.5, 0.6) is 0 Å². The zero-order valence-electron chi connectivity index (χ0n) is 4.35. The van der Waals surface area contributed by atoms with Gasteiger partial charge in [-0.05, 0) is 12.6 Å². The summed E-state index contributed by atoms with van der Waals surface area (Å²) in [5.41, 5.74) is 0. The molecule has 2 nitrogen and oxygen atoms in total. The quantitative estimate of drug-likeness (QED) is 0.492. The lowest BCUT2D eigenvalue weighted by Gasteiger charge is -1.93. The average Bonchev–Trinajstić information content (AvgIpc) is 1.69. The van der Waals surface area contributed by atoms with Gasteiger partial charge in [0.15, 0.2) is 0 Å². The Morgan fingerprint density at radius 1 is 1.71 bits per heavy atom. The van der Waals surface area contributed by atoms with Crippen LogP contribution in [0.2, 0.25) is 0 Å². The van der Waals surface area contributed by atoms with Crippen molar-refractivity contribution in [3.63, 3.8) is 0 Å². The minimum atomic E-state index is 0.251. The third kappa shape index (κ3) is 5.50. The van der Waals surface area contributed by atoms with Crippen LogP contribution in [-0.4, -0.2) is 18.3 Å². The minimum absolute atomic E-state index is 0.251. The predicted octanol–water partition coefficient (Wildman–Crippen LogP) is 0.102. The maximum absolute atomic E-state index is 8.22. The molecule has 2 heteroatoms. The first-order valence-corrected chi connectivity index (χ1v) is 2.37. The van der Waals surface area contributed by atoms with Gasteiger partial charge in [0.2, 0.25) is 0 Å². The van der Waals surface area contributed by atoms with Crippen molar-refractivity contribution in [3.05, 3.63) is 12.8 Å². The maximum atomic E-state index is 8.22. The predicted molar refractivity (Wildman–Crippen MR) is 29.9 cm³/mol. The largest absolute Gasteiger partial charge is 0.396 e. The van der Waals surface area contributed by atoms with Gasteiger partial charge in [0.05, 0.1) is 0 Å². The van der Waals surface area contributed by atoms with Crippen LogP contribution in [0.4, 0.5) is 0 Å². The van der Waals surface area contributed by atoms with Crippen molar-refractivity contribution in [2.75, 3.05) is 13.2 Å². The first-order valence-electron chi connectivity index (χ1n) is 2.37. The summed E-state index contributed by atoms with van der Waals surface area (Å²) in [4.78, 5) is 0. The molecule has 0 saturated heterocycles. The van der Waals surface area contributed by atoms with Crippen LogP contribution in [0, 0.1) is 0 Å². The lowest BCUT2D eigenvalue weighted by atomic mass is 10.5. The zero-order chi connectivity index (χ0) is 5.54. The van der Waals surface area contributed by atoms with Crippen molar-refractivity contribution in [2.45, 2.75) is 6.42 Å². The highest BCUT2D eigenvalue weighted by Crippen LogP contribution is 1.68. The van der Waals surface area contributed by atoms with E-state index in [0.717, 1.165) is 13.0 Å². The van der Waals surface area contributed by atoms with Crippen molar-refractivity contribution in [1.29, 1.82) is 0 Å². The van der Waals surface area contributed by atoms with E-state index in [1.165, 1.54) is 0 Å². The van der Waals surface area contributed by atoms with E-state index in [1.54, 1.807) is 6.20 Å². The summed E-state index contributed by atoms with van der Waals surface area (Å²) in [5.74, 6) is 0. The van der Waals surface area contributed by atoms with Gasteiger partial charge in [-0.1, -0.05) is 6.58 Å². The monoisotopic (exact) mass is 101 g/mol. The van der Waals surface area contributed by atoms with Crippen LogP contribution in [-0.2, 0) is 0 Å². The van der Waals surface area contributed by atoms with Crippen molar-refractivity contribution in [1.82, 2.24) is 5.32 Å². The molecular formula is C5H11NO. The molecule has 0 rings (SSSR count). The van der Waals surface area contributed by atoms with Crippen molar-refractivity contribution < 1.29 is 5.11 Å². The summed E-state index contributed by atoms with van der Waals surface area (Å²) in [6.07, 6.45) is 2.42. The molecule has 0 heterocycles. The second-order valence-electron chi connectivity index (χ2n) is 1.24. The van der Waals surface area contributed by atoms with Gasteiger partial charge in [-0.15, -0.1) is 0 Å². The first kappa shape index (κ1) is 6.50. The fraction of sp³-hybridized carbons (Fsp3) is 0.600. The Hall–Kier alpha value is -0.500. The molecule has 0 bridgehead atoms. The van der Waals surface area contributed by atoms with Gasteiger partial charge in [0.1, 0.15) is 0 Å². The van der Waals surface area contributed by atoms with Crippen LogP contribution >= 0.6 is 0 Å². The molecular weight excluding hydrogens is 90.1 g/mol. The Kier molecular flexibility index (Phi) is 5.11. The number of aliphatic hydroxyl groups is 1. The zero-order valence-corrected chi connectivity index (χ0v) is 4.35. The highest BCUT2D eigenvalue weighted by molar-refractivity contribution is 4.61. The minimum Gasteiger partial charge on any atom is -0.396 e. The summed E-state index contributed by atoms with van der Waals surface area (Å²) in [7, 11) is 0. The Morgan fingerprint density at radius 2 is 2.43 bits per heavy atom. The molecule has 0 aromatic heterocycles. The Balaban J connectivity index is 2.56. The van der Waals surface area contributed by atoms with E-state index in [1.807, 2.05) is 0 Å². The molecule has 2 N–H and O–H groups in total. The molecule has 42 valence electrons. The van der Waals surface area contributed by atoms with Crippen LogP contribution in [0.15, 0.2) is 12.8 Å². The standard InChI is InChI=1S/C5H11NO/c1-2-6-4-3-5-7/h2,6-7H,1,3-5H2. The van der Waals surface area contributed by atoms with Gasteiger partial charge in [-0.3, -0.25) is 0 Å². The second-order valence-corrected chi connectivity index (χ2v) is 1.24. The maximum Gasteiger partial charge on any atom is 0.0447 e. The molecule has 0 unspecified atom stereocenters. The van der Waals surface area contributed by atoms with Gasteiger partial charge in [0.25, 0.3) is 0 Å². The van der Waals surface area contributed by atoms with E-state index < -0.39 is 0 Å². The topological polar surface area (TPSA) is 32.3 Å². The number of hydrogen-bond acceptors (Lipinski definition) is 2. The van der Waals surface area contributed by atoms with Gasteiger partial charge in [0, 0.05) is 13.2 Å². The summed E-state index contributed by atoms with van der Waals surface area (Å²) >= 11 is 0. The number of aliphatic hydroxyl groups excluding tert-OH is 1. The summed E-state index contributed by atoms with van der Waals surface area (Å²) in [6, 6.07) is 0. The molecule has 0 fully saturated rings. The fourth-order valence-corrected chi connectivity index (χ4v) is 0.283. The van der Waals surface area contributed by atoms with E-state index in [4.69, 9.17) is 5.11 Å². The third-order valence-corrected chi connectivity index (χ3v) is 0.624. The molecule has 0 aromatic carbocycles. The lowest BCUT2D eigenvalue weighted by molar-refractivity contribution is 0.288. The van der Waals surface area contributed by atoms with Crippen LogP contribution in [0.1, 0.15) is 6.42 Å². The molecule has 0 aromatic rings. The molecule has 0 spiro atoms. The van der Waals surface area contributed by atoms with Crippen molar-refractivity contribution in [2.24, 2.45) is 0 Å². The summed E-state index contributed by atoms with van der Waals surface area (Å²) < 4.78 is 0. The molecule has 7 heavy (non-hydrogen) atoms.